The number of rotatable bonds is 9. The van der Waals surface area contributed by atoms with Gasteiger partial charge in [-0.2, -0.15) is 0 Å². The minimum atomic E-state index is -0.119. The first kappa shape index (κ1) is 22.0. The number of nitrogens with zero attached hydrogens (tertiary/aromatic N) is 1. The van der Waals surface area contributed by atoms with Crippen LogP contribution in [0, 0.1) is 0 Å². The lowest BCUT2D eigenvalue weighted by molar-refractivity contribution is -0.132. The predicted molar refractivity (Wildman–Crippen MR) is 120 cm³/mol. The van der Waals surface area contributed by atoms with Crippen molar-refractivity contribution in [3.8, 4) is 11.5 Å². The monoisotopic (exact) mass is 428 g/mol. The molecule has 0 spiro atoms. The highest BCUT2D eigenvalue weighted by Gasteiger charge is 2.31. The average Bonchev–Trinajstić information content (AvgIpc) is 2.72. The molecule has 2 aromatic rings. The SMILES string of the molecule is CCOc1ccccc1C1SCCC(=O)N1CCCOc1cccc(NC(C)=O)c1. The molecule has 160 valence electrons. The molecule has 6 nitrogen and oxygen atoms in total. The summed E-state index contributed by atoms with van der Waals surface area (Å²) in [6.45, 7) is 5.13. The van der Waals surface area contributed by atoms with E-state index in [4.69, 9.17) is 9.47 Å². The molecule has 1 aliphatic heterocycles. The number of ether oxygens (including phenoxy) is 2. The van der Waals surface area contributed by atoms with Crippen LogP contribution in [0.4, 0.5) is 5.69 Å². The summed E-state index contributed by atoms with van der Waals surface area (Å²) in [5.41, 5.74) is 1.75. The molecule has 1 saturated heterocycles. The van der Waals surface area contributed by atoms with Crippen LogP contribution in [0.5, 0.6) is 11.5 Å². The van der Waals surface area contributed by atoms with Crippen LogP contribution in [0.3, 0.4) is 0 Å². The van der Waals surface area contributed by atoms with Crippen molar-refractivity contribution in [3.05, 3.63) is 54.1 Å². The number of nitrogens with one attached hydrogen (secondary N) is 1. The molecule has 2 amide bonds. The Bertz CT molecular complexity index is 874. The number of anilines is 1. The van der Waals surface area contributed by atoms with Crippen molar-refractivity contribution in [2.45, 2.75) is 32.1 Å². The minimum Gasteiger partial charge on any atom is -0.493 e. The average molecular weight is 429 g/mol. The van der Waals surface area contributed by atoms with Gasteiger partial charge in [0.05, 0.1) is 13.2 Å². The van der Waals surface area contributed by atoms with Crippen LogP contribution in [0.15, 0.2) is 48.5 Å². The van der Waals surface area contributed by atoms with Gasteiger partial charge in [0.15, 0.2) is 0 Å². The highest BCUT2D eigenvalue weighted by atomic mass is 32.2. The fraction of sp³-hybridized carbons (Fsp3) is 0.391. The number of amides is 2. The largest absolute Gasteiger partial charge is 0.493 e. The third-order valence-corrected chi connectivity index (χ3v) is 5.91. The first-order chi connectivity index (χ1) is 14.6. The second-order valence-electron chi connectivity index (χ2n) is 6.94. The van der Waals surface area contributed by atoms with Gasteiger partial charge in [-0.3, -0.25) is 9.59 Å². The van der Waals surface area contributed by atoms with E-state index in [1.165, 1.54) is 6.92 Å². The van der Waals surface area contributed by atoms with E-state index in [1.807, 2.05) is 54.3 Å². The Labute approximate surface area is 181 Å². The minimum absolute atomic E-state index is 0.0444. The molecule has 7 heteroatoms. The number of thioether (sulfide) groups is 1. The maximum atomic E-state index is 12.6. The van der Waals surface area contributed by atoms with Gasteiger partial charge in [0, 0.05) is 43.0 Å². The Balaban J connectivity index is 1.60. The zero-order valence-corrected chi connectivity index (χ0v) is 18.2. The maximum absolute atomic E-state index is 12.6. The predicted octanol–water partition coefficient (Wildman–Crippen LogP) is 4.48. The lowest BCUT2D eigenvalue weighted by atomic mass is 10.1. The van der Waals surface area contributed by atoms with E-state index in [1.54, 1.807) is 17.8 Å². The topological polar surface area (TPSA) is 67.9 Å². The van der Waals surface area contributed by atoms with Crippen LogP contribution in [0.25, 0.3) is 0 Å². The lowest BCUT2D eigenvalue weighted by Crippen LogP contribution is -2.38. The van der Waals surface area contributed by atoms with E-state index >= 15 is 0 Å². The molecule has 0 aliphatic carbocycles. The molecule has 1 heterocycles. The zero-order chi connectivity index (χ0) is 21.3. The van der Waals surface area contributed by atoms with Crippen molar-refractivity contribution in [1.82, 2.24) is 4.90 Å². The summed E-state index contributed by atoms with van der Waals surface area (Å²) in [4.78, 5) is 25.8. The van der Waals surface area contributed by atoms with Gasteiger partial charge >= 0.3 is 0 Å². The van der Waals surface area contributed by atoms with Crippen LogP contribution >= 0.6 is 11.8 Å². The highest BCUT2D eigenvalue weighted by molar-refractivity contribution is 7.99. The molecule has 1 fully saturated rings. The summed E-state index contributed by atoms with van der Waals surface area (Å²) in [5.74, 6) is 2.39. The van der Waals surface area contributed by atoms with Crippen LogP contribution in [0.1, 0.15) is 37.6 Å². The van der Waals surface area contributed by atoms with E-state index in [0.29, 0.717) is 44.0 Å². The normalized spacial score (nSPS) is 16.3. The summed E-state index contributed by atoms with van der Waals surface area (Å²) < 4.78 is 11.6. The molecule has 0 aromatic heterocycles. The number of carbonyl (C=O) groups excluding carboxylic acids is 2. The van der Waals surface area contributed by atoms with Crippen LogP contribution in [-0.2, 0) is 9.59 Å². The van der Waals surface area contributed by atoms with Gasteiger partial charge in [-0.15, -0.1) is 11.8 Å². The van der Waals surface area contributed by atoms with E-state index in [9.17, 15) is 9.59 Å². The molecule has 30 heavy (non-hydrogen) atoms. The van der Waals surface area contributed by atoms with Crippen LogP contribution < -0.4 is 14.8 Å². The van der Waals surface area contributed by atoms with Gasteiger partial charge in [0.25, 0.3) is 0 Å². The Morgan fingerprint density at radius 1 is 1.20 bits per heavy atom. The maximum Gasteiger partial charge on any atom is 0.224 e. The Kier molecular flexibility index (Phi) is 8.02. The van der Waals surface area contributed by atoms with Crippen molar-refractivity contribution < 1.29 is 19.1 Å². The summed E-state index contributed by atoms with van der Waals surface area (Å²) in [6.07, 6.45) is 1.27. The van der Waals surface area contributed by atoms with E-state index in [0.717, 1.165) is 17.1 Å². The summed E-state index contributed by atoms with van der Waals surface area (Å²) >= 11 is 1.77. The number of hydrogen-bond acceptors (Lipinski definition) is 5. The van der Waals surface area contributed by atoms with Gasteiger partial charge < -0.3 is 19.7 Å². The smallest absolute Gasteiger partial charge is 0.224 e. The Morgan fingerprint density at radius 2 is 2.03 bits per heavy atom. The van der Waals surface area contributed by atoms with Crippen molar-refractivity contribution in [2.24, 2.45) is 0 Å². The standard InChI is InChI=1S/C23H28N2O4S/c1-3-28-21-11-5-4-10-20(21)23-25(22(27)12-15-30-23)13-7-14-29-19-9-6-8-18(16-19)24-17(2)26/h4-6,8-11,16,23H,3,7,12-15H2,1-2H3,(H,24,26). The third kappa shape index (κ3) is 5.92. The van der Waals surface area contributed by atoms with Crippen LogP contribution in [0.2, 0.25) is 0 Å². The zero-order valence-electron chi connectivity index (χ0n) is 17.4. The summed E-state index contributed by atoms with van der Waals surface area (Å²) in [6, 6.07) is 15.3. The fourth-order valence-electron chi connectivity index (χ4n) is 3.39. The molecule has 0 radical (unpaired) electrons. The number of hydrogen-bond donors (Lipinski definition) is 1. The van der Waals surface area contributed by atoms with Gasteiger partial charge in [0.1, 0.15) is 16.9 Å². The van der Waals surface area contributed by atoms with Crippen molar-refractivity contribution >= 4 is 29.3 Å². The van der Waals surface area contributed by atoms with E-state index in [-0.39, 0.29) is 17.2 Å². The second kappa shape index (κ2) is 10.9. The van der Waals surface area contributed by atoms with Crippen LogP contribution in [-0.4, -0.2) is 42.2 Å². The Hall–Kier alpha value is -2.67. The molecule has 0 saturated carbocycles. The summed E-state index contributed by atoms with van der Waals surface area (Å²) in [5, 5.41) is 2.70. The van der Waals surface area contributed by atoms with E-state index < -0.39 is 0 Å². The number of carbonyl (C=O) groups is 2. The highest BCUT2D eigenvalue weighted by Crippen LogP contribution is 2.41. The first-order valence-corrected chi connectivity index (χ1v) is 11.3. The van der Waals surface area contributed by atoms with Crippen molar-refractivity contribution in [1.29, 1.82) is 0 Å². The third-order valence-electron chi connectivity index (χ3n) is 4.65. The summed E-state index contributed by atoms with van der Waals surface area (Å²) in [7, 11) is 0. The molecular weight excluding hydrogens is 400 g/mol. The fourth-order valence-corrected chi connectivity index (χ4v) is 4.68. The van der Waals surface area contributed by atoms with E-state index in [2.05, 4.69) is 5.32 Å². The molecule has 1 atom stereocenters. The molecule has 2 aromatic carbocycles. The molecule has 1 unspecified atom stereocenters. The first-order valence-electron chi connectivity index (χ1n) is 10.2. The quantitative estimate of drug-likeness (QED) is 0.597. The molecular formula is C23H28N2O4S. The molecule has 0 bridgehead atoms. The Morgan fingerprint density at radius 3 is 2.83 bits per heavy atom. The number of para-hydroxylation sites is 1. The van der Waals surface area contributed by atoms with Crippen molar-refractivity contribution in [3.63, 3.8) is 0 Å². The second-order valence-corrected chi connectivity index (χ2v) is 8.13. The molecule has 3 rings (SSSR count). The van der Waals surface area contributed by atoms with Crippen molar-refractivity contribution in [2.75, 3.05) is 30.8 Å². The van der Waals surface area contributed by atoms with Gasteiger partial charge in [-0.1, -0.05) is 24.3 Å². The van der Waals surface area contributed by atoms with Gasteiger partial charge in [-0.05, 0) is 31.5 Å². The molecule has 1 N–H and O–H groups in total. The van der Waals surface area contributed by atoms with Gasteiger partial charge in [0.2, 0.25) is 11.8 Å². The molecule has 1 aliphatic rings. The van der Waals surface area contributed by atoms with Gasteiger partial charge in [-0.25, -0.2) is 0 Å². The lowest BCUT2D eigenvalue weighted by Gasteiger charge is -2.36. The number of benzene rings is 2.